The fourth-order valence-corrected chi connectivity index (χ4v) is 5.87. The lowest BCUT2D eigenvalue weighted by atomic mass is 10.1. The van der Waals surface area contributed by atoms with E-state index in [4.69, 9.17) is 5.73 Å². The Hall–Kier alpha value is -2.84. The molecule has 1 atom stereocenters. The molecule has 1 aliphatic rings. The molecule has 3 aromatic rings. The van der Waals surface area contributed by atoms with E-state index in [2.05, 4.69) is 5.32 Å². The minimum Gasteiger partial charge on any atom is -0.399 e. The van der Waals surface area contributed by atoms with Crippen molar-refractivity contribution in [2.24, 2.45) is 0 Å². The van der Waals surface area contributed by atoms with Gasteiger partial charge in [0, 0.05) is 41.6 Å². The smallest absolute Gasteiger partial charge is 0.247 e. The first-order valence-corrected chi connectivity index (χ1v) is 12.4. The number of nitrogen functional groups attached to an aromatic ring is 1. The summed E-state index contributed by atoms with van der Waals surface area (Å²) in [6.07, 6.45) is 4.78. The van der Waals surface area contributed by atoms with Gasteiger partial charge in [-0.05, 0) is 81.1 Å². The van der Waals surface area contributed by atoms with Crippen molar-refractivity contribution in [1.82, 2.24) is 8.87 Å². The Morgan fingerprint density at radius 3 is 2.44 bits per heavy atom. The fourth-order valence-electron chi connectivity index (χ4n) is 4.33. The average molecular weight is 455 g/mol. The Kier molecular flexibility index (Phi) is 6.01. The summed E-state index contributed by atoms with van der Waals surface area (Å²) in [5.74, 6) is -0.153. The molecule has 32 heavy (non-hydrogen) atoms. The quantitative estimate of drug-likeness (QED) is 0.564. The summed E-state index contributed by atoms with van der Waals surface area (Å²) in [4.78, 5) is 13.3. The van der Waals surface area contributed by atoms with Gasteiger partial charge >= 0.3 is 0 Å². The Balaban J connectivity index is 1.63. The Morgan fingerprint density at radius 2 is 1.75 bits per heavy atom. The first-order valence-electron chi connectivity index (χ1n) is 11.0. The molecule has 4 rings (SSSR count). The van der Waals surface area contributed by atoms with Crippen LogP contribution in [0.5, 0.6) is 0 Å². The van der Waals surface area contributed by atoms with Crippen molar-refractivity contribution in [3.8, 4) is 0 Å². The second-order valence-corrected chi connectivity index (χ2v) is 10.5. The molecule has 170 valence electrons. The van der Waals surface area contributed by atoms with Gasteiger partial charge in [-0.1, -0.05) is 6.42 Å². The van der Waals surface area contributed by atoms with Crippen LogP contribution in [0.25, 0.3) is 10.9 Å². The molecule has 3 N–H and O–H groups in total. The molecule has 0 bridgehead atoms. The summed E-state index contributed by atoms with van der Waals surface area (Å²) in [6.45, 7) is 6.81. The number of aryl methyl sites for hydroxylation is 2. The zero-order chi connectivity index (χ0) is 23.0. The van der Waals surface area contributed by atoms with Gasteiger partial charge in [0.05, 0.1) is 4.90 Å². The van der Waals surface area contributed by atoms with E-state index in [-0.39, 0.29) is 5.91 Å². The molecule has 1 fully saturated rings. The lowest BCUT2D eigenvalue weighted by Crippen LogP contribution is -2.35. The van der Waals surface area contributed by atoms with Crippen LogP contribution in [0.3, 0.4) is 0 Å². The molecule has 7 nitrogen and oxygen atoms in total. The molecule has 1 aromatic heterocycles. The predicted octanol–water partition coefficient (Wildman–Crippen LogP) is 4.21. The van der Waals surface area contributed by atoms with Crippen LogP contribution in [0.2, 0.25) is 0 Å². The molecule has 1 unspecified atom stereocenters. The van der Waals surface area contributed by atoms with Crippen molar-refractivity contribution < 1.29 is 13.2 Å². The number of carbonyl (C=O) groups is 1. The third-order valence-corrected chi connectivity index (χ3v) is 8.16. The molecule has 2 aromatic carbocycles. The number of nitrogens with one attached hydrogen (secondary N) is 1. The number of amides is 1. The zero-order valence-corrected chi connectivity index (χ0v) is 19.6. The number of piperidine rings is 1. The number of carbonyl (C=O) groups excluding carboxylic acids is 1. The van der Waals surface area contributed by atoms with E-state index in [1.165, 1.54) is 0 Å². The van der Waals surface area contributed by atoms with E-state index in [0.29, 0.717) is 23.7 Å². The maximum atomic E-state index is 13.1. The van der Waals surface area contributed by atoms with Crippen LogP contribution in [0.4, 0.5) is 11.4 Å². The molecule has 1 saturated heterocycles. The summed E-state index contributed by atoms with van der Waals surface area (Å²) in [6, 6.07) is 10.1. The largest absolute Gasteiger partial charge is 0.399 e. The van der Waals surface area contributed by atoms with Gasteiger partial charge in [0.1, 0.15) is 6.04 Å². The third-order valence-electron chi connectivity index (χ3n) is 6.26. The molecule has 0 aliphatic carbocycles. The monoisotopic (exact) mass is 454 g/mol. The molecular weight excluding hydrogens is 424 g/mol. The van der Waals surface area contributed by atoms with Crippen LogP contribution in [0.1, 0.15) is 43.4 Å². The minimum absolute atomic E-state index is 0.153. The van der Waals surface area contributed by atoms with Gasteiger partial charge < -0.3 is 15.6 Å². The maximum Gasteiger partial charge on any atom is 0.247 e. The van der Waals surface area contributed by atoms with E-state index in [0.717, 1.165) is 47.0 Å². The standard InChI is InChI=1S/C24H30N4O3S/c1-16-13-19(25)7-9-22(16)26-24(29)18(3)28-15-17(2)21-14-20(8-10-23(21)28)32(30,31)27-11-5-4-6-12-27/h7-10,13-15,18H,4-6,11-12,25H2,1-3H3,(H,26,29). The van der Waals surface area contributed by atoms with Crippen LogP contribution in [-0.2, 0) is 14.8 Å². The summed E-state index contributed by atoms with van der Waals surface area (Å²) in [5, 5.41) is 3.81. The van der Waals surface area contributed by atoms with E-state index < -0.39 is 16.1 Å². The number of aromatic nitrogens is 1. The van der Waals surface area contributed by atoms with Crippen molar-refractivity contribution >= 4 is 38.2 Å². The summed E-state index contributed by atoms with van der Waals surface area (Å²) in [7, 11) is -3.51. The van der Waals surface area contributed by atoms with Gasteiger partial charge in [0.2, 0.25) is 15.9 Å². The fraction of sp³-hybridized carbons (Fsp3) is 0.375. The second-order valence-electron chi connectivity index (χ2n) is 8.60. The molecule has 8 heteroatoms. The lowest BCUT2D eigenvalue weighted by molar-refractivity contribution is -0.118. The number of sulfonamides is 1. The van der Waals surface area contributed by atoms with Gasteiger partial charge in [-0.2, -0.15) is 4.31 Å². The molecule has 1 aliphatic heterocycles. The SMILES string of the molecule is Cc1cc(N)ccc1NC(=O)C(C)n1cc(C)c2cc(S(=O)(=O)N3CCCCC3)ccc21. The van der Waals surface area contributed by atoms with Crippen LogP contribution in [0.15, 0.2) is 47.5 Å². The summed E-state index contributed by atoms with van der Waals surface area (Å²) in [5.41, 5.74) is 9.83. The number of hydrogen-bond donors (Lipinski definition) is 2. The highest BCUT2D eigenvalue weighted by Gasteiger charge is 2.27. The van der Waals surface area contributed by atoms with Crippen molar-refractivity contribution in [2.45, 2.75) is 51.0 Å². The lowest BCUT2D eigenvalue weighted by Gasteiger charge is -2.26. The Morgan fingerprint density at radius 1 is 1.03 bits per heavy atom. The zero-order valence-electron chi connectivity index (χ0n) is 18.8. The molecule has 0 saturated carbocycles. The van der Waals surface area contributed by atoms with E-state index in [9.17, 15) is 13.2 Å². The van der Waals surface area contributed by atoms with E-state index in [1.54, 1.807) is 34.6 Å². The normalized spacial score (nSPS) is 16.2. The van der Waals surface area contributed by atoms with E-state index in [1.807, 2.05) is 37.6 Å². The minimum atomic E-state index is -3.51. The number of hydrogen-bond acceptors (Lipinski definition) is 4. The van der Waals surface area contributed by atoms with Crippen LogP contribution in [-0.4, -0.2) is 36.3 Å². The first-order chi connectivity index (χ1) is 15.2. The van der Waals surface area contributed by atoms with Crippen molar-refractivity contribution in [3.05, 3.63) is 53.7 Å². The number of benzene rings is 2. The van der Waals surface area contributed by atoms with Crippen molar-refractivity contribution in [2.75, 3.05) is 24.1 Å². The molecule has 2 heterocycles. The molecule has 0 spiro atoms. The van der Waals surface area contributed by atoms with Crippen LogP contribution < -0.4 is 11.1 Å². The number of anilines is 2. The van der Waals surface area contributed by atoms with Crippen LogP contribution >= 0.6 is 0 Å². The van der Waals surface area contributed by atoms with Gasteiger partial charge in [-0.3, -0.25) is 4.79 Å². The first kappa shape index (κ1) is 22.4. The van der Waals surface area contributed by atoms with Crippen LogP contribution in [0, 0.1) is 13.8 Å². The molecule has 0 radical (unpaired) electrons. The maximum absolute atomic E-state index is 13.1. The highest BCUT2D eigenvalue weighted by atomic mass is 32.2. The van der Waals surface area contributed by atoms with Gasteiger partial charge in [-0.25, -0.2) is 8.42 Å². The number of fused-ring (bicyclic) bond motifs is 1. The average Bonchev–Trinajstić information content (AvgIpc) is 3.11. The van der Waals surface area contributed by atoms with Gasteiger partial charge in [0.25, 0.3) is 0 Å². The van der Waals surface area contributed by atoms with Gasteiger partial charge in [0.15, 0.2) is 0 Å². The highest BCUT2D eigenvalue weighted by Crippen LogP contribution is 2.30. The molecule has 1 amide bonds. The summed E-state index contributed by atoms with van der Waals surface area (Å²) >= 11 is 0. The van der Waals surface area contributed by atoms with Gasteiger partial charge in [-0.15, -0.1) is 0 Å². The highest BCUT2D eigenvalue weighted by molar-refractivity contribution is 7.89. The summed E-state index contributed by atoms with van der Waals surface area (Å²) < 4.78 is 29.7. The molecular formula is C24H30N4O3S. The van der Waals surface area contributed by atoms with E-state index >= 15 is 0 Å². The van der Waals surface area contributed by atoms with Crippen molar-refractivity contribution in [1.29, 1.82) is 0 Å². The number of rotatable bonds is 5. The predicted molar refractivity (Wildman–Crippen MR) is 128 cm³/mol. The number of nitrogens with two attached hydrogens (primary N) is 1. The Bertz CT molecular complexity index is 1270. The Labute approximate surface area is 189 Å². The number of nitrogens with zero attached hydrogens (tertiary/aromatic N) is 2. The topological polar surface area (TPSA) is 97.4 Å². The third kappa shape index (κ3) is 4.12. The second kappa shape index (κ2) is 8.60. The van der Waals surface area contributed by atoms with Crippen molar-refractivity contribution in [3.63, 3.8) is 0 Å².